The van der Waals surface area contributed by atoms with Gasteiger partial charge in [-0.15, -0.1) is 0 Å². The Balaban J connectivity index is 4.48. The molecule has 0 aliphatic carbocycles. The molecule has 0 spiro atoms. The summed E-state index contributed by atoms with van der Waals surface area (Å²) in [6.07, 6.45) is 45.7. The van der Waals surface area contributed by atoms with Gasteiger partial charge in [0.1, 0.15) is 12.7 Å². The molecule has 0 aliphatic rings. The molecular weight excluding hydrogens is 719 g/mol. The zero-order chi connectivity index (χ0) is 40.5. The maximum absolute atomic E-state index is 12.6. The number of hydrogen-bond acceptors (Lipinski definition) is 9. The van der Waals surface area contributed by atoms with Crippen molar-refractivity contribution in [3.8, 4) is 0 Å². The van der Waals surface area contributed by atoms with Crippen molar-refractivity contribution in [1.82, 2.24) is 0 Å². The summed E-state index contributed by atoms with van der Waals surface area (Å²) < 4.78 is 32.5. The van der Waals surface area contributed by atoms with Crippen molar-refractivity contribution in [2.45, 2.75) is 154 Å². The molecule has 1 unspecified atom stereocenters. The van der Waals surface area contributed by atoms with Crippen LogP contribution >= 0.6 is 7.82 Å². The van der Waals surface area contributed by atoms with Crippen LogP contribution in [0.25, 0.3) is 0 Å². The zero-order valence-corrected chi connectivity index (χ0v) is 34.7. The lowest BCUT2D eigenvalue weighted by Crippen LogP contribution is -2.29. The summed E-state index contributed by atoms with van der Waals surface area (Å²) in [5, 5.41) is 18.3. The summed E-state index contributed by atoms with van der Waals surface area (Å²) in [6, 6.07) is 0. The largest absolute Gasteiger partial charge is 0.472 e. The van der Waals surface area contributed by atoms with Gasteiger partial charge in [-0.05, 0) is 77.0 Å². The van der Waals surface area contributed by atoms with E-state index in [1.54, 1.807) is 0 Å². The SMILES string of the molecule is CC/C=C/C/C=C/C/C=C/C/C=C/C/C=C/C/C=C/CCC(=O)OC[C@@H](COP(=O)(O)OC[C@H](O)CO)OC(=O)CCCCC/C=C/CCCCCCCC. The van der Waals surface area contributed by atoms with Gasteiger partial charge in [-0.2, -0.15) is 0 Å². The lowest BCUT2D eigenvalue weighted by molar-refractivity contribution is -0.161. The van der Waals surface area contributed by atoms with Gasteiger partial charge in [0.2, 0.25) is 0 Å². The molecule has 3 N–H and O–H groups in total. The lowest BCUT2D eigenvalue weighted by atomic mass is 10.1. The Kier molecular flexibility index (Phi) is 37.3. The first-order chi connectivity index (χ1) is 26.7. The first kappa shape index (κ1) is 52.2. The molecule has 0 rings (SSSR count). The van der Waals surface area contributed by atoms with E-state index in [9.17, 15) is 24.2 Å². The molecule has 0 aromatic carbocycles. The molecule has 314 valence electrons. The minimum atomic E-state index is -4.64. The second kappa shape index (κ2) is 39.4. The number of ether oxygens (including phenoxy) is 2. The quantitative estimate of drug-likeness (QED) is 0.0240. The van der Waals surface area contributed by atoms with E-state index in [0.29, 0.717) is 12.8 Å². The van der Waals surface area contributed by atoms with Crippen molar-refractivity contribution in [2.75, 3.05) is 26.4 Å². The molecule has 0 heterocycles. The van der Waals surface area contributed by atoms with E-state index in [1.807, 2.05) is 12.2 Å². The highest BCUT2D eigenvalue weighted by atomic mass is 31.2. The Bertz CT molecular complexity index is 1190. The number of phosphoric acid groups is 1. The highest BCUT2D eigenvalue weighted by Crippen LogP contribution is 2.43. The first-order valence-electron chi connectivity index (χ1n) is 20.5. The monoisotopic (exact) mass is 792 g/mol. The fourth-order valence-electron chi connectivity index (χ4n) is 4.89. The summed E-state index contributed by atoms with van der Waals surface area (Å²) in [4.78, 5) is 34.9. The molecule has 3 atom stereocenters. The molecule has 0 aliphatic heterocycles. The van der Waals surface area contributed by atoms with Gasteiger partial charge in [0.25, 0.3) is 0 Å². The van der Waals surface area contributed by atoms with Crippen molar-refractivity contribution in [2.24, 2.45) is 0 Å². The van der Waals surface area contributed by atoms with E-state index in [1.165, 1.54) is 38.5 Å². The number of aliphatic hydroxyl groups is 2. The summed E-state index contributed by atoms with van der Waals surface area (Å²) in [5.74, 6) is -1.05. The van der Waals surface area contributed by atoms with Crippen molar-refractivity contribution in [1.29, 1.82) is 0 Å². The Hall–Kier alpha value is -2.85. The third-order valence-electron chi connectivity index (χ3n) is 8.05. The average molecular weight is 793 g/mol. The molecule has 0 saturated carbocycles. The topological polar surface area (TPSA) is 149 Å². The van der Waals surface area contributed by atoms with Crippen LogP contribution in [0.4, 0.5) is 0 Å². The number of carbonyl (C=O) groups is 2. The van der Waals surface area contributed by atoms with Gasteiger partial charge in [0.15, 0.2) is 6.10 Å². The predicted molar refractivity (Wildman–Crippen MR) is 223 cm³/mol. The number of unbranched alkanes of at least 4 members (excludes halogenated alkanes) is 9. The standard InChI is InChI=1S/C44H73O10P/c1-3-5-7-9-11-13-15-17-18-19-20-21-22-24-25-27-29-31-33-35-43(47)51-39-42(40-53-55(49,50)52-38-41(46)37-45)54-44(48)36-34-32-30-28-26-23-16-14-12-10-8-6-4-2/h5,7,11,13,17-18,20-21,23-26,29,31,41-42,45-46H,3-4,6,8-10,12,14-16,19,22,27-28,30,32-40H2,1-2H3,(H,49,50)/b7-5+,13-11+,18-17+,21-20+,25-24+,26-23+,31-29+/t41-,42+/m1/s1. The molecule has 11 heteroatoms. The Labute approximate surface area is 332 Å². The number of phosphoric ester groups is 1. The predicted octanol–water partition coefficient (Wildman–Crippen LogP) is 10.7. The van der Waals surface area contributed by atoms with E-state index >= 15 is 0 Å². The van der Waals surface area contributed by atoms with Crippen molar-refractivity contribution >= 4 is 19.8 Å². The normalized spacial score (nSPS) is 14.8. The van der Waals surface area contributed by atoms with Crippen molar-refractivity contribution < 1.29 is 47.8 Å². The van der Waals surface area contributed by atoms with Gasteiger partial charge < -0.3 is 24.6 Å². The third kappa shape index (κ3) is 39.2. The molecule has 0 amide bonds. The minimum Gasteiger partial charge on any atom is -0.462 e. The van der Waals surface area contributed by atoms with E-state index in [2.05, 4.69) is 91.3 Å². The van der Waals surface area contributed by atoms with Crippen LogP contribution in [0, 0.1) is 0 Å². The van der Waals surface area contributed by atoms with Crippen LogP contribution in [-0.4, -0.2) is 65.7 Å². The molecule has 0 fully saturated rings. The first-order valence-corrected chi connectivity index (χ1v) is 22.0. The fraction of sp³-hybridized carbons (Fsp3) is 0.636. The number of allylic oxidation sites excluding steroid dienone is 14. The van der Waals surface area contributed by atoms with Gasteiger partial charge in [-0.1, -0.05) is 137 Å². The summed E-state index contributed by atoms with van der Waals surface area (Å²) in [6.45, 7) is 2.13. The van der Waals surface area contributed by atoms with E-state index in [0.717, 1.165) is 64.2 Å². The van der Waals surface area contributed by atoms with Gasteiger partial charge in [-0.3, -0.25) is 18.6 Å². The van der Waals surface area contributed by atoms with Crippen LogP contribution in [-0.2, 0) is 32.7 Å². The maximum atomic E-state index is 12.6. The van der Waals surface area contributed by atoms with Crippen LogP contribution in [0.3, 0.4) is 0 Å². The minimum absolute atomic E-state index is 0.109. The van der Waals surface area contributed by atoms with Crippen LogP contribution in [0.2, 0.25) is 0 Å². The van der Waals surface area contributed by atoms with Crippen LogP contribution in [0.15, 0.2) is 85.1 Å². The number of carbonyl (C=O) groups excluding carboxylic acids is 2. The zero-order valence-electron chi connectivity index (χ0n) is 33.9. The molecule has 0 bridgehead atoms. The third-order valence-corrected chi connectivity index (χ3v) is 9.00. The number of esters is 2. The summed E-state index contributed by atoms with van der Waals surface area (Å²) in [7, 11) is -4.64. The molecule has 0 aromatic rings. The average Bonchev–Trinajstić information content (AvgIpc) is 3.17. The van der Waals surface area contributed by atoms with E-state index in [4.69, 9.17) is 19.1 Å². The highest BCUT2D eigenvalue weighted by Gasteiger charge is 2.27. The van der Waals surface area contributed by atoms with Crippen LogP contribution in [0.5, 0.6) is 0 Å². The summed E-state index contributed by atoms with van der Waals surface area (Å²) >= 11 is 0. The molecule has 10 nitrogen and oxygen atoms in total. The van der Waals surface area contributed by atoms with Crippen molar-refractivity contribution in [3.63, 3.8) is 0 Å². The van der Waals surface area contributed by atoms with Crippen LogP contribution in [0.1, 0.15) is 142 Å². The van der Waals surface area contributed by atoms with Crippen LogP contribution < -0.4 is 0 Å². The molecular formula is C44H73O10P. The lowest BCUT2D eigenvalue weighted by Gasteiger charge is -2.20. The van der Waals surface area contributed by atoms with E-state index in [-0.39, 0.29) is 19.4 Å². The molecule has 55 heavy (non-hydrogen) atoms. The number of rotatable bonds is 37. The smallest absolute Gasteiger partial charge is 0.462 e. The number of aliphatic hydroxyl groups excluding tert-OH is 2. The van der Waals surface area contributed by atoms with Crippen molar-refractivity contribution in [3.05, 3.63) is 85.1 Å². The molecule has 0 aromatic heterocycles. The Morgan fingerprint density at radius 3 is 1.58 bits per heavy atom. The van der Waals surface area contributed by atoms with Gasteiger partial charge in [-0.25, -0.2) is 4.57 Å². The van der Waals surface area contributed by atoms with Gasteiger partial charge >= 0.3 is 19.8 Å². The second-order valence-electron chi connectivity index (χ2n) is 13.3. The fourth-order valence-corrected chi connectivity index (χ4v) is 5.68. The maximum Gasteiger partial charge on any atom is 0.472 e. The number of hydrogen-bond donors (Lipinski definition) is 3. The second-order valence-corrected chi connectivity index (χ2v) is 14.7. The molecule has 0 saturated heterocycles. The van der Waals surface area contributed by atoms with E-state index < -0.39 is 51.8 Å². The Morgan fingerprint density at radius 1 is 0.564 bits per heavy atom. The molecule has 0 radical (unpaired) electrons. The summed E-state index contributed by atoms with van der Waals surface area (Å²) in [5.41, 5.74) is 0. The highest BCUT2D eigenvalue weighted by molar-refractivity contribution is 7.47. The van der Waals surface area contributed by atoms with Gasteiger partial charge in [0, 0.05) is 12.8 Å². The Morgan fingerprint density at radius 2 is 1.04 bits per heavy atom. The van der Waals surface area contributed by atoms with Gasteiger partial charge in [0.05, 0.1) is 19.8 Å².